The van der Waals surface area contributed by atoms with Gasteiger partial charge in [0.15, 0.2) is 0 Å². The second-order valence-electron chi connectivity index (χ2n) is 2.36. The Morgan fingerprint density at radius 1 is 1.77 bits per heavy atom. The lowest BCUT2D eigenvalue weighted by atomic mass is 10.3. The van der Waals surface area contributed by atoms with Gasteiger partial charge >= 0.3 is 0 Å². The highest BCUT2D eigenvalue weighted by Crippen LogP contribution is 2.22. The third-order valence-electron chi connectivity index (χ3n) is 1.45. The Morgan fingerprint density at radius 2 is 2.54 bits per heavy atom. The molecule has 0 fully saturated rings. The Balaban J connectivity index is 2.45. The minimum Gasteiger partial charge on any atom is -0.383 e. The summed E-state index contributed by atoms with van der Waals surface area (Å²) in [6, 6.07) is 1.79. The van der Waals surface area contributed by atoms with E-state index in [1.165, 1.54) is 11.3 Å². The maximum absolute atomic E-state index is 11.4. The van der Waals surface area contributed by atoms with Gasteiger partial charge in [-0.05, 0) is 27.4 Å². The van der Waals surface area contributed by atoms with Gasteiger partial charge in [0.05, 0.1) is 16.0 Å². The number of amides is 1. The molecule has 1 heterocycles. The molecule has 0 aliphatic rings. The first-order valence-electron chi connectivity index (χ1n) is 3.76. The van der Waals surface area contributed by atoms with Gasteiger partial charge in [0, 0.05) is 13.7 Å². The van der Waals surface area contributed by atoms with Gasteiger partial charge in [0.1, 0.15) is 0 Å². The quantitative estimate of drug-likeness (QED) is 0.843. The van der Waals surface area contributed by atoms with Crippen LogP contribution in [-0.4, -0.2) is 26.2 Å². The fraction of sp³-hybridized carbons (Fsp3) is 0.375. The highest BCUT2D eigenvalue weighted by atomic mass is 79.9. The van der Waals surface area contributed by atoms with E-state index in [1.807, 2.05) is 5.38 Å². The van der Waals surface area contributed by atoms with E-state index >= 15 is 0 Å². The molecule has 0 atom stereocenters. The minimum absolute atomic E-state index is 0.0647. The molecule has 0 saturated heterocycles. The Labute approximate surface area is 89.2 Å². The lowest BCUT2D eigenvalue weighted by Gasteiger charge is -2.02. The Kier molecular flexibility index (Phi) is 4.41. The summed E-state index contributed by atoms with van der Waals surface area (Å²) in [6.07, 6.45) is 0. The molecule has 0 bridgehead atoms. The van der Waals surface area contributed by atoms with Gasteiger partial charge < -0.3 is 10.1 Å². The van der Waals surface area contributed by atoms with Crippen LogP contribution < -0.4 is 5.32 Å². The molecular formula is C8H10BrNO2S. The number of carbonyl (C=O) groups excluding carboxylic acids is 1. The van der Waals surface area contributed by atoms with E-state index in [-0.39, 0.29) is 5.91 Å². The number of carbonyl (C=O) groups is 1. The number of hydrogen-bond donors (Lipinski definition) is 1. The first kappa shape index (κ1) is 10.7. The third kappa shape index (κ3) is 3.10. The highest BCUT2D eigenvalue weighted by molar-refractivity contribution is 9.11. The van der Waals surface area contributed by atoms with Crippen LogP contribution in [0.4, 0.5) is 0 Å². The molecule has 0 aliphatic heterocycles. The zero-order valence-corrected chi connectivity index (χ0v) is 9.57. The van der Waals surface area contributed by atoms with Crippen molar-refractivity contribution in [2.45, 2.75) is 0 Å². The summed E-state index contributed by atoms with van der Waals surface area (Å²) >= 11 is 4.80. The second kappa shape index (κ2) is 5.36. The number of halogens is 1. The van der Waals surface area contributed by atoms with Crippen LogP contribution in [0.3, 0.4) is 0 Å². The van der Waals surface area contributed by atoms with Crippen molar-refractivity contribution in [3.8, 4) is 0 Å². The number of hydrogen-bond acceptors (Lipinski definition) is 3. The predicted octanol–water partition coefficient (Wildman–Crippen LogP) is 1.89. The summed E-state index contributed by atoms with van der Waals surface area (Å²) in [7, 11) is 1.60. The van der Waals surface area contributed by atoms with Crippen molar-refractivity contribution >= 4 is 33.2 Å². The molecule has 0 saturated carbocycles. The van der Waals surface area contributed by atoms with Crippen LogP contribution in [0.25, 0.3) is 0 Å². The van der Waals surface area contributed by atoms with Crippen molar-refractivity contribution in [3.05, 3.63) is 20.8 Å². The normalized spacial score (nSPS) is 10.0. The summed E-state index contributed by atoms with van der Waals surface area (Å²) in [5.41, 5.74) is 0.682. The molecule has 5 heteroatoms. The molecule has 1 aromatic rings. The van der Waals surface area contributed by atoms with E-state index in [1.54, 1.807) is 13.2 Å². The van der Waals surface area contributed by atoms with Crippen molar-refractivity contribution in [1.82, 2.24) is 5.32 Å². The van der Waals surface area contributed by atoms with Crippen molar-refractivity contribution in [3.63, 3.8) is 0 Å². The minimum atomic E-state index is -0.0647. The largest absolute Gasteiger partial charge is 0.383 e. The van der Waals surface area contributed by atoms with E-state index in [0.29, 0.717) is 18.7 Å². The summed E-state index contributed by atoms with van der Waals surface area (Å²) in [5, 5.41) is 4.61. The molecular weight excluding hydrogens is 254 g/mol. The smallest absolute Gasteiger partial charge is 0.253 e. The monoisotopic (exact) mass is 263 g/mol. The first-order chi connectivity index (χ1) is 6.25. The van der Waals surface area contributed by atoms with Crippen molar-refractivity contribution in [1.29, 1.82) is 0 Å². The molecule has 3 nitrogen and oxygen atoms in total. The van der Waals surface area contributed by atoms with Gasteiger partial charge in [-0.25, -0.2) is 0 Å². The number of nitrogens with one attached hydrogen (secondary N) is 1. The van der Waals surface area contributed by atoms with Crippen LogP contribution in [0.5, 0.6) is 0 Å². The summed E-state index contributed by atoms with van der Waals surface area (Å²) in [4.78, 5) is 11.4. The number of rotatable bonds is 4. The Morgan fingerprint density at radius 3 is 3.08 bits per heavy atom. The van der Waals surface area contributed by atoms with Crippen molar-refractivity contribution < 1.29 is 9.53 Å². The topological polar surface area (TPSA) is 38.3 Å². The van der Waals surface area contributed by atoms with Gasteiger partial charge in [-0.15, -0.1) is 11.3 Å². The van der Waals surface area contributed by atoms with Crippen LogP contribution in [0, 0.1) is 0 Å². The fourth-order valence-electron chi connectivity index (χ4n) is 0.818. The molecule has 0 unspecified atom stereocenters. The predicted molar refractivity (Wildman–Crippen MR) is 56.2 cm³/mol. The summed E-state index contributed by atoms with van der Waals surface area (Å²) < 4.78 is 5.68. The van der Waals surface area contributed by atoms with E-state index in [0.717, 1.165) is 3.79 Å². The zero-order chi connectivity index (χ0) is 9.68. The zero-order valence-electron chi connectivity index (χ0n) is 7.17. The lowest BCUT2D eigenvalue weighted by Crippen LogP contribution is -2.26. The molecule has 0 aliphatic carbocycles. The molecule has 1 aromatic heterocycles. The average molecular weight is 264 g/mol. The third-order valence-corrected chi connectivity index (χ3v) is 3.14. The maximum atomic E-state index is 11.4. The highest BCUT2D eigenvalue weighted by Gasteiger charge is 2.09. The number of thiophene rings is 1. The van der Waals surface area contributed by atoms with Crippen LogP contribution in [0.2, 0.25) is 0 Å². The summed E-state index contributed by atoms with van der Waals surface area (Å²) in [6.45, 7) is 1.07. The molecule has 0 radical (unpaired) electrons. The maximum Gasteiger partial charge on any atom is 0.253 e. The van der Waals surface area contributed by atoms with Gasteiger partial charge in [-0.3, -0.25) is 4.79 Å². The van der Waals surface area contributed by atoms with Crippen LogP contribution in [0.15, 0.2) is 15.2 Å². The molecule has 72 valence electrons. The van der Waals surface area contributed by atoms with Crippen LogP contribution in [-0.2, 0) is 4.74 Å². The van der Waals surface area contributed by atoms with Gasteiger partial charge in [-0.2, -0.15) is 0 Å². The number of methoxy groups -OCH3 is 1. The van der Waals surface area contributed by atoms with Crippen molar-refractivity contribution in [2.24, 2.45) is 0 Å². The summed E-state index contributed by atoms with van der Waals surface area (Å²) in [5.74, 6) is -0.0647. The fourth-order valence-corrected chi connectivity index (χ4v) is 2.06. The van der Waals surface area contributed by atoms with Gasteiger partial charge in [0.25, 0.3) is 5.91 Å². The van der Waals surface area contributed by atoms with Crippen LogP contribution in [0.1, 0.15) is 10.4 Å². The molecule has 0 aromatic carbocycles. The molecule has 13 heavy (non-hydrogen) atoms. The molecule has 1 N–H and O–H groups in total. The van der Waals surface area contributed by atoms with Gasteiger partial charge in [-0.1, -0.05) is 0 Å². The van der Waals surface area contributed by atoms with Crippen molar-refractivity contribution in [2.75, 3.05) is 20.3 Å². The second-order valence-corrected chi connectivity index (χ2v) is 4.59. The average Bonchev–Trinajstić information content (AvgIpc) is 2.52. The number of ether oxygens (including phenoxy) is 1. The Bertz CT molecular complexity index is 287. The lowest BCUT2D eigenvalue weighted by molar-refractivity contribution is 0.0937. The Hall–Kier alpha value is -0.390. The van der Waals surface area contributed by atoms with E-state index in [2.05, 4.69) is 21.2 Å². The molecule has 0 spiro atoms. The standard InChI is InChI=1S/C8H10BrNO2S/c1-12-4-3-10-8(11)6-2-5-13-7(6)9/h2,5H,3-4H2,1H3,(H,10,11). The first-order valence-corrected chi connectivity index (χ1v) is 5.43. The molecule has 1 rings (SSSR count). The molecule has 1 amide bonds. The SMILES string of the molecule is COCCNC(=O)c1ccsc1Br. The van der Waals surface area contributed by atoms with E-state index < -0.39 is 0 Å². The van der Waals surface area contributed by atoms with Crippen LogP contribution >= 0.6 is 27.3 Å². The van der Waals surface area contributed by atoms with Gasteiger partial charge in [0.2, 0.25) is 0 Å². The van der Waals surface area contributed by atoms with E-state index in [9.17, 15) is 4.79 Å². The van der Waals surface area contributed by atoms with E-state index in [4.69, 9.17) is 4.74 Å².